The predicted octanol–water partition coefficient (Wildman–Crippen LogP) is 3.36. The monoisotopic (exact) mass is 266 g/mol. The summed E-state index contributed by atoms with van der Waals surface area (Å²) in [5.74, 6) is 0. The lowest BCUT2D eigenvalue weighted by Crippen LogP contribution is -2.25. The first-order valence-corrected chi connectivity index (χ1v) is 5.40. The molecule has 0 unspecified atom stereocenters. The van der Waals surface area contributed by atoms with Gasteiger partial charge in [0.25, 0.3) is 0 Å². The lowest BCUT2D eigenvalue weighted by molar-refractivity contribution is -0.224. The number of alkyl halides is 3. The van der Waals surface area contributed by atoms with Gasteiger partial charge in [0.15, 0.2) is 6.10 Å². The molecule has 0 radical (unpaired) electrons. The largest absolute Gasteiger partial charge is 0.418 e. The summed E-state index contributed by atoms with van der Waals surface area (Å²) >= 11 is 5.67. The van der Waals surface area contributed by atoms with E-state index in [1.54, 1.807) is 0 Å². The maximum Gasteiger partial charge on any atom is 0.418 e. The van der Waals surface area contributed by atoms with Gasteiger partial charge in [-0.1, -0.05) is 23.7 Å². The Morgan fingerprint density at radius 2 is 2.18 bits per heavy atom. The zero-order valence-corrected chi connectivity index (χ0v) is 9.46. The highest BCUT2D eigenvalue weighted by Crippen LogP contribution is 2.37. The Labute approximate surface area is 101 Å². The van der Waals surface area contributed by atoms with Crippen molar-refractivity contribution in [3.63, 3.8) is 0 Å². The Morgan fingerprint density at radius 3 is 2.71 bits per heavy atom. The molecule has 1 aromatic carbocycles. The van der Waals surface area contributed by atoms with Gasteiger partial charge < -0.3 is 9.47 Å². The molecular weight excluding hydrogens is 257 g/mol. The van der Waals surface area contributed by atoms with Crippen molar-refractivity contribution in [2.45, 2.75) is 18.4 Å². The van der Waals surface area contributed by atoms with Gasteiger partial charge in [0.1, 0.15) is 6.10 Å². The minimum Gasteiger partial charge on any atom is -0.371 e. The molecule has 0 bridgehead atoms. The van der Waals surface area contributed by atoms with Crippen molar-refractivity contribution in [1.29, 1.82) is 0 Å². The molecule has 0 aromatic heterocycles. The highest BCUT2D eigenvalue weighted by atomic mass is 35.5. The van der Waals surface area contributed by atoms with E-state index >= 15 is 0 Å². The van der Waals surface area contributed by atoms with Crippen molar-refractivity contribution in [3.05, 3.63) is 34.9 Å². The molecule has 0 spiro atoms. The number of ether oxygens (including phenoxy) is 2. The van der Waals surface area contributed by atoms with Crippen LogP contribution in [-0.4, -0.2) is 25.5 Å². The molecule has 2 rings (SSSR count). The fourth-order valence-electron chi connectivity index (χ4n) is 1.42. The summed E-state index contributed by atoms with van der Waals surface area (Å²) in [5.41, 5.74) is 0.00523. The van der Waals surface area contributed by atoms with Crippen molar-refractivity contribution in [2.75, 3.05) is 13.2 Å². The molecule has 6 heteroatoms. The first-order chi connectivity index (χ1) is 7.97. The van der Waals surface area contributed by atoms with Crippen LogP contribution >= 0.6 is 11.6 Å². The van der Waals surface area contributed by atoms with Crippen LogP contribution in [0.1, 0.15) is 11.7 Å². The second-order valence-corrected chi connectivity index (χ2v) is 4.20. The van der Waals surface area contributed by atoms with Crippen LogP contribution in [0.2, 0.25) is 5.02 Å². The van der Waals surface area contributed by atoms with Gasteiger partial charge in [-0.15, -0.1) is 0 Å². The zero-order chi connectivity index (χ0) is 12.5. The van der Waals surface area contributed by atoms with Crippen LogP contribution in [0, 0.1) is 0 Å². The van der Waals surface area contributed by atoms with Crippen molar-refractivity contribution in [3.8, 4) is 0 Å². The molecule has 0 amide bonds. The van der Waals surface area contributed by atoms with E-state index in [9.17, 15) is 13.2 Å². The fraction of sp³-hybridized carbons (Fsp3) is 0.455. The van der Waals surface area contributed by atoms with Crippen LogP contribution in [0.15, 0.2) is 24.3 Å². The van der Waals surface area contributed by atoms with E-state index in [-0.39, 0.29) is 23.3 Å². The SMILES string of the molecule is FC(F)(F)[C@@H](OC[C@@H]1CO1)c1cccc(Cl)c1. The van der Waals surface area contributed by atoms with E-state index in [2.05, 4.69) is 0 Å². The average molecular weight is 267 g/mol. The van der Waals surface area contributed by atoms with E-state index in [1.807, 2.05) is 0 Å². The molecule has 2 atom stereocenters. The third-order valence-electron chi connectivity index (χ3n) is 2.30. The smallest absolute Gasteiger partial charge is 0.371 e. The van der Waals surface area contributed by atoms with Gasteiger partial charge in [0.05, 0.1) is 13.2 Å². The number of benzene rings is 1. The summed E-state index contributed by atoms with van der Waals surface area (Å²) in [6.45, 7) is 0.400. The Morgan fingerprint density at radius 1 is 1.47 bits per heavy atom. The summed E-state index contributed by atoms with van der Waals surface area (Å²) < 4.78 is 48.1. The molecule has 0 N–H and O–H groups in total. The molecule has 0 aliphatic carbocycles. The van der Waals surface area contributed by atoms with Crippen LogP contribution < -0.4 is 0 Å². The standard InChI is InChI=1S/C11H10ClF3O2/c12-8-3-1-2-7(4-8)10(11(13,14)15)17-6-9-5-16-9/h1-4,9-10H,5-6H2/t9-,10-/m0/s1. The Balaban J connectivity index is 2.13. The molecule has 2 nitrogen and oxygen atoms in total. The Hall–Kier alpha value is -0.780. The molecule has 94 valence electrons. The van der Waals surface area contributed by atoms with Gasteiger partial charge in [-0.2, -0.15) is 13.2 Å². The van der Waals surface area contributed by atoms with Crippen LogP contribution in [0.4, 0.5) is 13.2 Å². The van der Waals surface area contributed by atoms with Gasteiger partial charge in [-0.05, 0) is 17.7 Å². The number of halogens is 4. The number of epoxide rings is 1. The zero-order valence-electron chi connectivity index (χ0n) is 8.71. The maximum absolute atomic E-state index is 12.8. The number of rotatable bonds is 4. The maximum atomic E-state index is 12.8. The van der Waals surface area contributed by atoms with Crippen LogP contribution in [-0.2, 0) is 9.47 Å². The van der Waals surface area contributed by atoms with E-state index in [0.717, 1.165) is 0 Å². The van der Waals surface area contributed by atoms with Gasteiger partial charge in [0.2, 0.25) is 0 Å². The summed E-state index contributed by atoms with van der Waals surface area (Å²) in [5, 5.41) is 0.253. The van der Waals surface area contributed by atoms with Gasteiger partial charge in [-0.25, -0.2) is 0 Å². The quantitative estimate of drug-likeness (QED) is 0.780. The lowest BCUT2D eigenvalue weighted by atomic mass is 10.1. The van der Waals surface area contributed by atoms with Gasteiger partial charge in [-0.3, -0.25) is 0 Å². The summed E-state index contributed by atoms with van der Waals surface area (Å²) in [6, 6.07) is 5.58. The molecule has 1 aromatic rings. The van der Waals surface area contributed by atoms with Crippen molar-refractivity contribution in [2.24, 2.45) is 0 Å². The van der Waals surface area contributed by atoms with Gasteiger partial charge in [0, 0.05) is 5.02 Å². The number of hydrogen-bond donors (Lipinski definition) is 0. The highest BCUT2D eigenvalue weighted by Gasteiger charge is 2.43. The van der Waals surface area contributed by atoms with E-state index < -0.39 is 12.3 Å². The van der Waals surface area contributed by atoms with E-state index in [1.165, 1.54) is 24.3 Å². The summed E-state index contributed by atoms with van der Waals surface area (Å²) in [6.07, 6.45) is -6.62. The molecule has 1 fully saturated rings. The highest BCUT2D eigenvalue weighted by molar-refractivity contribution is 6.30. The molecule has 17 heavy (non-hydrogen) atoms. The molecular formula is C11H10ClF3O2. The molecule has 1 heterocycles. The number of hydrogen-bond acceptors (Lipinski definition) is 2. The first kappa shape index (κ1) is 12.7. The van der Waals surface area contributed by atoms with Crippen LogP contribution in [0.3, 0.4) is 0 Å². The third kappa shape index (κ3) is 3.59. The molecule has 1 aliphatic heterocycles. The predicted molar refractivity (Wildman–Crippen MR) is 55.9 cm³/mol. The van der Waals surface area contributed by atoms with Crippen molar-refractivity contribution < 1.29 is 22.6 Å². The Bertz CT molecular complexity index is 391. The summed E-state index contributed by atoms with van der Waals surface area (Å²) in [7, 11) is 0. The average Bonchev–Trinajstić information content (AvgIpc) is 3.00. The van der Waals surface area contributed by atoms with Crippen molar-refractivity contribution in [1.82, 2.24) is 0 Å². The van der Waals surface area contributed by atoms with Gasteiger partial charge >= 0.3 is 6.18 Å². The minimum absolute atomic E-state index is 0.00523. The minimum atomic E-state index is -4.46. The second-order valence-electron chi connectivity index (χ2n) is 3.77. The van der Waals surface area contributed by atoms with E-state index in [0.29, 0.717) is 6.61 Å². The Kier molecular flexibility index (Phi) is 3.61. The molecule has 1 aliphatic rings. The topological polar surface area (TPSA) is 21.8 Å². The normalized spacial score (nSPS) is 21.3. The molecule has 0 saturated carbocycles. The summed E-state index contributed by atoms with van der Waals surface area (Å²) in [4.78, 5) is 0. The lowest BCUT2D eigenvalue weighted by Gasteiger charge is -2.21. The van der Waals surface area contributed by atoms with Crippen LogP contribution in [0.25, 0.3) is 0 Å². The first-order valence-electron chi connectivity index (χ1n) is 5.02. The van der Waals surface area contributed by atoms with Crippen LogP contribution in [0.5, 0.6) is 0 Å². The second kappa shape index (κ2) is 4.84. The molecule has 1 saturated heterocycles. The van der Waals surface area contributed by atoms with Crippen molar-refractivity contribution >= 4 is 11.6 Å². The van der Waals surface area contributed by atoms with E-state index in [4.69, 9.17) is 21.1 Å². The fourth-order valence-corrected chi connectivity index (χ4v) is 1.62. The third-order valence-corrected chi connectivity index (χ3v) is 2.53.